The van der Waals surface area contributed by atoms with Crippen molar-refractivity contribution in [2.75, 3.05) is 14.2 Å². The van der Waals surface area contributed by atoms with Gasteiger partial charge in [-0.2, -0.15) is 0 Å². The van der Waals surface area contributed by atoms with Gasteiger partial charge in [0.05, 0.1) is 25.4 Å². The van der Waals surface area contributed by atoms with Crippen LogP contribution in [-0.4, -0.2) is 19.2 Å². The Labute approximate surface area is 130 Å². The van der Waals surface area contributed by atoms with E-state index in [4.69, 9.17) is 14.5 Å². The summed E-state index contributed by atoms with van der Waals surface area (Å²) in [6.07, 6.45) is 0.921. The zero-order chi connectivity index (χ0) is 15.5. The van der Waals surface area contributed by atoms with E-state index >= 15 is 0 Å². The topological polar surface area (TPSA) is 31.4 Å². The second kappa shape index (κ2) is 6.06. The molecular weight excluding hydrogens is 274 g/mol. The summed E-state index contributed by atoms with van der Waals surface area (Å²) in [5.41, 5.74) is 4.15. The van der Waals surface area contributed by atoms with Crippen molar-refractivity contribution < 1.29 is 9.47 Å². The van der Waals surface area contributed by atoms with Crippen LogP contribution >= 0.6 is 0 Å². The van der Waals surface area contributed by atoms with Gasteiger partial charge in [0.15, 0.2) is 0 Å². The van der Waals surface area contributed by atoms with Crippen LogP contribution in [0, 0.1) is 0 Å². The number of fused-ring (bicyclic) bond motifs is 1. The van der Waals surface area contributed by atoms with Crippen LogP contribution < -0.4 is 9.47 Å². The molecule has 0 unspecified atom stereocenters. The number of benzene rings is 2. The molecule has 0 amide bonds. The van der Waals surface area contributed by atoms with E-state index in [0.717, 1.165) is 40.1 Å². The molecule has 112 valence electrons. The van der Waals surface area contributed by atoms with Gasteiger partial charge >= 0.3 is 0 Å². The molecule has 0 N–H and O–H groups in total. The summed E-state index contributed by atoms with van der Waals surface area (Å²) in [7, 11) is 3.38. The smallest absolute Gasteiger partial charge is 0.122 e. The highest BCUT2D eigenvalue weighted by Gasteiger charge is 2.07. The molecule has 2 aromatic carbocycles. The molecule has 0 radical (unpaired) electrons. The molecule has 22 heavy (non-hydrogen) atoms. The third-order valence-electron chi connectivity index (χ3n) is 3.84. The second-order valence-electron chi connectivity index (χ2n) is 5.14. The van der Waals surface area contributed by atoms with Crippen LogP contribution in [-0.2, 0) is 6.42 Å². The Bertz CT molecular complexity index is 812. The van der Waals surface area contributed by atoms with E-state index < -0.39 is 0 Å². The predicted octanol–water partition coefficient (Wildman–Crippen LogP) is 4.48. The van der Waals surface area contributed by atoms with E-state index in [0.29, 0.717) is 0 Å². The largest absolute Gasteiger partial charge is 0.497 e. The van der Waals surface area contributed by atoms with Crippen molar-refractivity contribution in [1.29, 1.82) is 0 Å². The van der Waals surface area contributed by atoms with E-state index in [1.165, 1.54) is 5.56 Å². The van der Waals surface area contributed by atoms with Gasteiger partial charge in [-0.25, -0.2) is 4.98 Å². The molecule has 0 saturated carbocycles. The maximum absolute atomic E-state index is 5.45. The van der Waals surface area contributed by atoms with Gasteiger partial charge in [-0.15, -0.1) is 0 Å². The maximum Gasteiger partial charge on any atom is 0.122 e. The highest BCUT2D eigenvalue weighted by atomic mass is 16.5. The van der Waals surface area contributed by atoms with Crippen LogP contribution in [0.1, 0.15) is 12.5 Å². The minimum atomic E-state index is 0.836. The van der Waals surface area contributed by atoms with Crippen molar-refractivity contribution >= 4 is 10.9 Å². The number of hydrogen-bond donors (Lipinski definition) is 0. The molecular formula is C19H19NO2. The van der Waals surface area contributed by atoms with Crippen LogP contribution in [0.5, 0.6) is 11.5 Å². The van der Waals surface area contributed by atoms with E-state index in [1.54, 1.807) is 14.2 Å². The Morgan fingerprint density at radius 3 is 2.55 bits per heavy atom. The summed E-state index contributed by atoms with van der Waals surface area (Å²) in [6.45, 7) is 2.12. The molecule has 3 aromatic rings. The molecule has 3 heteroatoms. The highest BCUT2D eigenvalue weighted by molar-refractivity contribution is 5.84. The zero-order valence-corrected chi connectivity index (χ0v) is 13.1. The fourth-order valence-electron chi connectivity index (χ4n) is 2.60. The van der Waals surface area contributed by atoms with Crippen molar-refractivity contribution in [3.63, 3.8) is 0 Å². The fraction of sp³-hybridized carbons (Fsp3) is 0.211. The van der Waals surface area contributed by atoms with Crippen molar-refractivity contribution in [1.82, 2.24) is 4.98 Å². The number of aromatic nitrogens is 1. The van der Waals surface area contributed by atoms with Crippen LogP contribution in [0.2, 0.25) is 0 Å². The van der Waals surface area contributed by atoms with Gasteiger partial charge in [-0.05, 0) is 42.3 Å². The van der Waals surface area contributed by atoms with Gasteiger partial charge in [0, 0.05) is 10.9 Å². The summed E-state index contributed by atoms with van der Waals surface area (Å²) in [4.78, 5) is 4.79. The quantitative estimate of drug-likeness (QED) is 0.710. The first-order chi connectivity index (χ1) is 10.7. The van der Waals surface area contributed by atoms with Crippen LogP contribution in [0.25, 0.3) is 22.2 Å². The van der Waals surface area contributed by atoms with Gasteiger partial charge in [0.1, 0.15) is 11.5 Å². The van der Waals surface area contributed by atoms with Crippen LogP contribution in [0.4, 0.5) is 0 Å². The lowest BCUT2D eigenvalue weighted by molar-refractivity contribution is 0.411. The first-order valence-corrected chi connectivity index (χ1v) is 7.37. The molecule has 0 saturated heterocycles. The molecule has 0 bridgehead atoms. The lowest BCUT2D eigenvalue weighted by Gasteiger charge is -2.10. The van der Waals surface area contributed by atoms with Crippen molar-refractivity contribution in [2.24, 2.45) is 0 Å². The number of hydrogen-bond acceptors (Lipinski definition) is 3. The number of rotatable bonds is 4. The number of pyridine rings is 1. The molecule has 3 nitrogen and oxygen atoms in total. The second-order valence-corrected chi connectivity index (χ2v) is 5.14. The lowest BCUT2D eigenvalue weighted by Crippen LogP contribution is -1.93. The molecule has 3 rings (SSSR count). The van der Waals surface area contributed by atoms with Crippen LogP contribution in [0.3, 0.4) is 0 Å². The van der Waals surface area contributed by atoms with E-state index in [2.05, 4.69) is 25.1 Å². The van der Waals surface area contributed by atoms with Crippen molar-refractivity contribution in [3.8, 4) is 22.8 Å². The summed E-state index contributed by atoms with van der Waals surface area (Å²) in [6, 6.07) is 16.2. The SMILES string of the molecule is CCc1cc2nc(-c3cccc(OC)c3)ccc2cc1OC. The molecule has 0 fully saturated rings. The zero-order valence-electron chi connectivity index (χ0n) is 13.1. The average Bonchev–Trinajstić information content (AvgIpc) is 2.59. The van der Waals surface area contributed by atoms with E-state index in [1.807, 2.05) is 30.3 Å². The van der Waals surface area contributed by atoms with Crippen molar-refractivity contribution in [2.45, 2.75) is 13.3 Å². The average molecular weight is 293 g/mol. The highest BCUT2D eigenvalue weighted by Crippen LogP contribution is 2.28. The molecule has 0 aliphatic rings. The normalized spacial score (nSPS) is 10.7. The van der Waals surface area contributed by atoms with Gasteiger partial charge < -0.3 is 9.47 Å². The Hall–Kier alpha value is -2.55. The van der Waals surface area contributed by atoms with Gasteiger partial charge in [0.2, 0.25) is 0 Å². The fourth-order valence-corrected chi connectivity index (χ4v) is 2.60. The molecule has 0 aliphatic heterocycles. The minimum absolute atomic E-state index is 0.836. The summed E-state index contributed by atoms with van der Waals surface area (Å²) < 4.78 is 10.7. The van der Waals surface area contributed by atoms with Crippen molar-refractivity contribution in [3.05, 3.63) is 54.1 Å². The lowest BCUT2D eigenvalue weighted by atomic mass is 10.1. The standard InChI is InChI=1S/C19H19NO2/c1-4-13-11-18-15(12-19(13)22-3)8-9-17(20-18)14-6-5-7-16(10-14)21-2/h5-12H,4H2,1-3H3. The number of ether oxygens (including phenoxy) is 2. The number of nitrogens with zero attached hydrogens (tertiary/aromatic N) is 1. The molecule has 0 atom stereocenters. The number of methoxy groups -OCH3 is 2. The van der Waals surface area contributed by atoms with E-state index in [9.17, 15) is 0 Å². The third-order valence-corrected chi connectivity index (χ3v) is 3.84. The Balaban J connectivity index is 2.12. The minimum Gasteiger partial charge on any atom is -0.497 e. The molecule has 0 aliphatic carbocycles. The molecule has 1 heterocycles. The Morgan fingerprint density at radius 2 is 1.82 bits per heavy atom. The summed E-state index contributed by atoms with van der Waals surface area (Å²) in [5, 5.41) is 1.08. The first-order valence-electron chi connectivity index (χ1n) is 7.37. The predicted molar refractivity (Wildman–Crippen MR) is 89.7 cm³/mol. The first kappa shape index (κ1) is 14.4. The maximum atomic E-state index is 5.45. The third kappa shape index (κ3) is 2.62. The Kier molecular flexibility index (Phi) is 3.96. The number of aryl methyl sites for hydroxylation is 1. The molecule has 1 aromatic heterocycles. The monoisotopic (exact) mass is 293 g/mol. The van der Waals surface area contributed by atoms with Crippen LogP contribution in [0.15, 0.2) is 48.5 Å². The van der Waals surface area contributed by atoms with Gasteiger partial charge in [-0.3, -0.25) is 0 Å². The van der Waals surface area contributed by atoms with Gasteiger partial charge in [0.25, 0.3) is 0 Å². The van der Waals surface area contributed by atoms with E-state index in [-0.39, 0.29) is 0 Å². The summed E-state index contributed by atoms with van der Waals surface area (Å²) >= 11 is 0. The summed E-state index contributed by atoms with van der Waals surface area (Å²) in [5.74, 6) is 1.76. The molecule has 0 spiro atoms. The Morgan fingerprint density at radius 1 is 0.955 bits per heavy atom. The van der Waals surface area contributed by atoms with Gasteiger partial charge in [-0.1, -0.05) is 25.1 Å².